The van der Waals surface area contributed by atoms with Crippen LogP contribution >= 0.6 is 11.8 Å². The van der Waals surface area contributed by atoms with Crippen LogP contribution in [0.4, 0.5) is 0 Å². The summed E-state index contributed by atoms with van der Waals surface area (Å²) in [6.45, 7) is 0. The highest BCUT2D eigenvalue weighted by atomic mass is 32.2. The number of aromatic nitrogens is 3. The average molecular weight is 213 g/mol. The number of hydrogen-bond donors (Lipinski definition) is 2. The molecule has 4 nitrogen and oxygen atoms in total. The molecule has 1 fully saturated rings. The highest BCUT2D eigenvalue weighted by Gasteiger charge is 2.29. The Morgan fingerprint density at radius 1 is 1.43 bits per heavy atom. The SMILES string of the molecule is OC1(CSc2ncn[nH]2)CCCCC1. The van der Waals surface area contributed by atoms with Crippen molar-refractivity contribution in [3.63, 3.8) is 0 Å². The molecule has 0 spiro atoms. The van der Waals surface area contributed by atoms with Gasteiger partial charge in [-0.05, 0) is 12.8 Å². The number of nitrogens with zero attached hydrogens (tertiary/aromatic N) is 2. The molecular weight excluding hydrogens is 198 g/mol. The lowest BCUT2D eigenvalue weighted by Gasteiger charge is -2.31. The van der Waals surface area contributed by atoms with E-state index in [9.17, 15) is 5.11 Å². The first-order valence-corrected chi connectivity index (χ1v) is 5.98. The highest BCUT2D eigenvalue weighted by molar-refractivity contribution is 7.99. The summed E-state index contributed by atoms with van der Waals surface area (Å²) in [4.78, 5) is 4.02. The maximum Gasteiger partial charge on any atom is 0.183 e. The highest BCUT2D eigenvalue weighted by Crippen LogP contribution is 2.32. The Balaban J connectivity index is 1.84. The number of hydrogen-bond acceptors (Lipinski definition) is 4. The number of nitrogens with one attached hydrogen (secondary N) is 1. The molecule has 1 aromatic heterocycles. The fourth-order valence-corrected chi connectivity index (χ4v) is 2.75. The Kier molecular flexibility index (Phi) is 3.08. The fraction of sp³-hybridized carbons (Fsp3) is 0.778. The van der Waals surface area contributed by atoms with Crippen molar-refractivity contribution in [2.45, 2.75) is 42.9 Å². The van der Waals surface area contributed by atoms with Crippen LogP contribution in [0.15, 0.2) is 11.5 Å². The third kappa shape index (κ3) is 2.48. The van der Waals surface area contributed by atoms with Gasteiger partial charge in [0.1, 0.15) is 6.33 Å². The zero-order valence-corrected chi connectivity index (χ0v) is 8.89. The molecule has 1 saturated carbocycles. The number of rotatable bonds is 3. The van der Waals surface area contributed by atoms with Gasteiger partial charge < -0.3 is 5.11 Å². The van der Waals surface area contributed by atoms with E-state index in [1.807, 2.05) is 0 Å². The molecule has 0 bridgehead atoms. The Morgan fingerprint density at radius 3 is 2.86 bits per heavy atom. The molecule has 0 saturated heterocycles. The van der Waals surface area contributed by atoms with Crippen molar-refractivity contribution >= 4 is 11.8 Å². The summed E-state index contributed by atoms with van der Waals surface area (Å²) >= 11 is 1.55. The van der Waals surface area contributed by atoms with E-state index in [1.54, 1.807) is 11.8 Å². The van der Waals surface area contributed by atoms with Gasteiger partial charge in [-0.3, -0.25) is 5.10 Å². The van der Waals surface area contributed by atoms with Crippen molar-refractivity contribution in [3.8, 4) is 0 Å². The molecule has 1 aliphatic rings. The van der Waals surface area contributed by atoms with Gasteiger partial charge in [-0.2, -0.15) is 5.10 Å². The van der Waals surface area contributed by atoms with Gasteiger partial charge in [0, 0.05) is 5.75 Å². The van der Waals surface area contributed by atoms with Crippen LogP contribution in [0, 0.1) is 0 Å². The van der Waals surface area contributed by atoms with E-state index in [0.717, 1.165) is 36.6 Å². The third-order valence-corrected chi connectivity index (χ3v) is 3.81. The standard InChI is InChI=1S/C9H15N3OS/c13-9(4-2-1-3-5-9)6-14-8-10-7-11-12-8/h7,13H,1-6H2,(H,10,11,12). The summed E-state index contributed by atoms with van der Waals surface area (Å²) in [7, 11) is 0. The topological polar surface area (TPSA) is 61.8 Å². The molecule has 2 rings (SSSR count). The lowest BCUT2D eigenvalue weighted by atomic mass is 9.86. The molecule has 0 atom stereocenters. The van der Waals surface area contributed by atoms with Crippen LogP contribution in [0.3, 0.4) is 0 Å². The second-order valence-electron chi connectivity index (χ2n) is 3.86. The third-order valence-electron chi connectivity index (χ3n) is 2.65. The molecule has 1 heterocycles. The van der Waals surface area contributed by atoms with Crippen molar-refractivity contribution in [3.05, 3.63) is 6.33 Å². The van der Waals surface area contributed by atoms with Crippen LogP contribution in [0.25, 0.3) is 0 Å². The first kappa shape index (κ1) is 9.98. The molecular formula is C9H15N3OS. The smallest absolute Gasteiger partial charge is 0.183 e. The summed E-state index contributed by atoms with van der Waals surface area (Å²) in [6.07, 6.45) is 6.89. The predicted octanol–water partition coefficient (Wildman–Crippen LogP) is 1.59. The minimum absolute atomic E-state index is 0.476. The van der Waals surface area contributed by atoms with Crippen molar-refractivity contribution in [2.75, 3.05) is 5.75 Å². The molecule has 0 unspecified atom stereocenters. The van der Waals surface area contributed by atoms with Crippen molar-refractivity contribution in [1.29, 1.82) is 0 Å². The second-order valence-corrected chi connectivity index (χ2v) is 4.83. The van der Waals surface area contributed by atoms with Crippen LogP contribution in [-0.2, 0) is 0 Å². The first-order chi connectivity index (χ1) is 6.79. The number of H-pyrrole nitrogens is 1. The summed E-state index contributed by atoms with van der Waals surface area (Å²) in [5, 5.41) is 17.5. The number of aromatic amines is 1. The molecule has 2 N–H and O–H groups in total. The minimum Gasteiger partial charge on any atom is -0.389 e. The summed E-state index contributed by atoms with van der Waals surface area (Å²) in [5.41, 5.74) is -0.476. The van der Waals surface area contributed by atoms with Gasteiger partial charge >= 0.3 is 0 Å². The van der Waals surface area contributed by atoms with Gasteiger partial charge in [0.15, 0.2) is 5.16 Å². The predicted molar refractivity (Wildman–Crippen MR) is 55.1 cm³/mol. The maximum absolute atomic E-state index is 10.2. The van der Waals surface area contributed by atoms with Crippen molar-refractivity contribution < 1.29 is 5.11 Å². The zero-order valence-electron chi connectivity index (χ0n) is 8.07. The quantitative estimate of drug-likeness (QED) is 0.748. The molecule has 0 amide bonds. The fourth-order valence-electron chi connectivity index (χ4n) is 1.82. The summed E-state index contributed by atoms with van der Waals surface area (Å²) in [6, 6.07) is 0. The Labute approximate surface area is 87.5 Å². The van der Waals surface area contributed by atoms with Gasteiger partial charge in [0.05, 0.1) is 5.60 Å². The molecule has 0 aromatic carbocycles. The summed E-state index contributed by atoms with van der Waals surface area (Å²) < 4.78 is 0. The van der Waals surface area contributed by atoms with Crippen LogP contribution in [0.1, 0.15) is 32.1 Å². The molecule has 1 aromatic rings. The number of aliphatic hydroxyl groups is 1. The van der Waals surface area contributed by atoms with Crippen molar-refractivity contribution in [1.82, 2.24) is 15.2 Å². The lowest BCUT2D eigenvalue weighted by Crippen LogP contribution is -2.34. The van der Waals surface area contributed by atoms with E-state index in [4.69, 9.17) is 0 Å². The largest absolute Gasteiger partial charge is 0.389 e. The Hall–Kier alpha value is -0.550. The van der Waals surface area contributed by atoms with Gasteiger partial charge in [-0.1, -0.05) is 31.0 Å². The van der Waals surface area contributed by atoms with E-state index in [0.29, 0.717) is 0 Å². The van der Waals surface area contributed by atoms with Crippen LogP contribution in [0.2, 0.25) is 0 Å². The van der Waals surface area contributed by atoms with E-state index >= 15 is 0 Å². The van der Waals surface area contributed by atoms with Crippen LogP contribution in [0.5, 0.6) is 0 Å². The molecule has 0 aliphatic heterocycles. The van der Waals surface area contributed by atoms with Gasteiger partial charge in [0.25, 0.3) is 0 Å². The van der Waals surface area contributed by atoms with E-state index in [1.165, 1.54) is 12.7 Å². The minimum atomic E-state index is -0.476. The molecule has 78 valence electrons. The maximum atomic E-state index is 10.2. The average Bonchev–Trinajstić information content (AvgIpc) is 2.69. The Bertz CT molecular complexity index is 270. The molecule has 14 heavy (non-hydrogen) atoms. The molecule has 1 aliphatic carbocycles. The molecule has 5 heteroatoms. The second kappa shape index (κ2) is 4.31. The van der Waals surface area contributed by atoms with Gasteiger partial charge in [-0.15, -0.1) is 0 Å². The Morgan fingerprint density at radius 2 is 2.21 bits per heavy atom. The van der Waals surface area contributed by atoms with Gasteiger partial charge in [0.2, 0.25) is 0 Å². The monoisotopic (exact) mass is 213 g/mol. The molecule has 0 radical (unpaired) electrons. The zero-order chi connectivity index (χ0) is 9.86. The van der Waals surface area contributed by atoms with E-state index in [-0.39, 0.29) is 0 Å². The number of thioether (sulfide) groups is 1. The normalized spacial score (nSPS) is 20.9. The van der Waals surface area contributed by atoms with Crippen LogP contribution in [-0.4, -0.2) is 31.6 Å². The van der Waals surface area contributed by atoms with E-state index in [2.05, 4.69) is 15.2 Å². The van der Waals surface area contributed by atoms with Crippen molar-refractivity contribution in [2.24, 2.45) is 0 Å². The first-order valence-electron chi connectivity index (χ1n) is 4.99. The lowest BCUT2D eigenvalue weighted by molar-refractivity contribution is 0.0272. The van der Waals surface area contributed by atoms with Gasteiger partial charge in [-0.25, -0.2) is 4.98 Å². The summed E-state index contributed by atoms with van der Waals surface area (Å²) in [5.74, 6) is 0.724. The van der Waals surface area contributed by atoms with E-state index < -0.39 is 5.60 Å². The van der Waals surface area contributed by atoms with Crippen LogP contribution < -0.4 is 0 Å².